The van der Waals surface area contributed by atoms with Gasteiger partial charge in [-0.1, -0.05) is 15.9 Å². The van der Waals surface area contributed by atoms with Crippen LogP contribution in [0.15, 0.2) is 23.3 Å². The van der Waals surface area contributed by atoms with Crippen LogP contribution in [0.3, 0.4) is 0 Å². The Balaban J connectivity index is 0.000000257. The molecule has 0 aliphatic carbocycles. The second-order valence-electron chi connectivity index (χ2n) is 4.13. The summed E-state index contributed by atoms with van der Waals surface area (Å²) in [5.74, 6) is -0.121. The predicted octanol–water partition coefficient (Wildman–Crippen LogP) is 2.82. The fourth-order valence-corrected chi connectivity index (χ4v) is 1.95. The molecule has 0 radical (unpaired) electrons. The van der Waals surface area contributed by atoms with E-state index in [2.05, 4.69) is 25.9 Å². The van der Waals surface area contributed by atoms with Gasteiger partial charge in [0.05, 0.1) is 5.33 Å². The van der Waals surface area contributed by atoms with Crippen LogP contribution in [0.5, 0.6) is 0 Å². The smallest absolute Gasteiger partial charge is 0.352 e. The van der Waals surface area contributed by atoms with Crippen molar-refractivity contribution in [3.05, 3.63) is 34.5 Å². The van der Waals surface area contributed by atoms with E-state index in [0.29, 0.717) is 19.3 Å². The van der Waals surface area contributed by atoms with Crippen LogP contribution in [0.4, 0.5) is 13.2 Å². The monoisotopic (exact) mass is 399 g/mol. The Morgan fingerprint density at radius 1 is 1.35 bits per heavy atom. The van der Waals surface area contributed by atoms with E-state index in [1.54, 1.807) is 0 Å². The fourth-order valence-electron chi connectivity index (χ4n) is 1.58. The third-order valence-corrected chi connectivity index (χ3v) is 3.04. The molecular formula is C13H17BrF3N3O3. The number of aromatic nitrogens is 3. The zero-order valence-corrected chi connectivity index (χ0v) is 14.1. The van der Waals surface area contributed by atoms with Crippen molar-refractivity contribution in [3.63, 3.8) is 0 Å². The minimum absolute atomic E-state index is 0.0694. The lowest BCUT2D eigenvalue weighted by Crippen LogP contribution is -2.18. The van der Waals surface area contributed by atoms with Gasteiger partial charge >= 0.3 is 6.18 Å². The topological polar surface area (TPSA) is 68.6 Å². The Kier molecular flexibility index (Phi) is 7.73. The van der Waals surface area contributed by atoms with Crippen molar-refractivity contribution in [2.45, 2.75) is 26.3 Å². The van der Waals surface area contributed by atoms with Crippen molar-refractivity contribution in [2.75, 3.05) is 18.5 Å². The van der Waals surface area contributed by atoms with Gasteiger partial charge < -0.3 is 14.5 Å². The Labute approximate surface area is 138 Å². The van der Waals surface area contributed by atoms with Gasteiger partial charge in [-0.15, -0.1) is 0 Å². The van der Waals surface area contributed by atoms with E-state index in [4.69, 9.17) is 9.47 Å². The third kappa shape index (κ3) is 5.96. The molecule has 0 atom stereocenters. The van der Waals surface area contributed by atoms with Crippen molar-refractivity contribution in [2.24, 2.45) is 0 Å². The van der Waals surface area contributed by atoms with Gasteiger partial charge in [-0.2, -0.15) is 13.2 Å². The van der Waals surface area contributed by atoms with Gasteiger partial charge in [0.25, 0.3) is 5.56 Å². The van der Waals surface area contributed by atoms with Gasteiger partial charge in [0.2, 0.25) is 5.78 Å². The number of halogens is 4. The lowest BCUT2D eigenvalue weighted by atomic mass is 10.4. The summed E-state index contributed by atoms with van der Waals surface area (Å²) < 4.78 is 47.9. The molecule has 0 aliphatic heterocycles. The molecule has 2 aromatic heterocycles. The standard InChI is InChI=1S/C7H4F3N3O.C6H13BrO2/c8-7(9,10)4-3-5(14)13-2-1-11-6(13)12-4;1-3-8-6(5-7)9-4-2/h1-3H,(H,11,12);6H,3-5H2,1-2H3. The molecule has 0 aromatic carbocycles. The molecule has 10 heteroatoms. The zero-order chi connectivity index (χ0) is 17.5. The van der Waals surface area contributed by atoms with Crippen LogP contribution >= 0.6 is 15.9 Å². The number of rotatable bonds is 5. The minimum Gasteiger partial charge on any atom is -0.352 e. The van der Waals surface area contributed by atoms with Gasteiger partial charge in [-0.05, 0) is 13.8 Å². The van der Waals surface area contributed by atoms with Gasteiger partial charge in [0, 0.05) is 31.7 Å². The number of H-pyrrole nitrogens is 1. The van der Waals surface area contributed by atoms with E-state index in [1.165, 1.54) is 12.4 Å². The van der Waals surface area contributed by atoms with Crippen LogP contribution < -0.4 is 5.56 Å². The van der Waals surface area contributed by atoms with Crippen molar-refractivity contribution in [1.82, 2.24) is 14.4 Å². The van der Waals surface area contributed by atoms with Gasteiger partial charge in [-0.25, -0.2) is 4.98 Å². The first kappa shape index (κ1) is 19.7. The molecule has 0 aliphatic rings. The summed E-state index contributed by atoms with van der Waals surface area (Å²) in [7, 11) is 0. The van der Waals surface area contributed by atoms with Crippen molar-refractivity contribution >= 4 is 21.7 Å². The number of nitrogens with one attached hydrogen (secondary N) is 1. The highest BCUT2D eigenvalue weighted by Crippen LogP contribution is 2.26. The molecule has 2 rings (SSSR count). The average molecular weight is 400 g/mol. The SMILES string of the molecule is CCOC(CBr)OCC.O=c1cc(C(F)(F)F)nc2[nH]ccn12. The Hall–Kier alpha value is -1.39. The van der Waals surface area contributed by atoms with E-state index in [0.717, 1.165) is 9.73 Å². The molecule has 0 amide bonds. The summed E-state index contributed by atoms with van der Waals surface area (Å²) in [4.78, 5) is 16.8. The summed E-state index contributed by atoms with van der Waals surface area (Å²) in [6.07, 6.45) is -2.02. The molecule has 1 N–H and O–H groups in total. The third-order valence-electron chi connectivity index (χ3n) is 2.51. The Morgan fingerprint density at radius 3 is 2.43 bits per heavy atom. The van der Waals surface area contributed by atoms with Crippen LogP contribution in [0.2, 0.25) is 0 Å². The van der Waals surface area contributed by atoms with Crippen LogP contribution in [0.25, 0.3) is 5.78 Å². The number of hydrogen-bond acceptors (Lipinski definition) is 4. The summed E-state index contributed by atoms with van der Waals surface area (Å²) in [5.41, 5.74) is -1.95. The van der Waals surface area contributed by atoms with E-state index in [-0.39, 0.29) is 12.1 Å². The largest absolute Gasteiger partial charge is 0.433 e. The quantitative estimate of drug-likeness (QED) is 0.619. The van der Waals surface area contributed by atoms with Gasteiger partial charge in [-0.3, -0.25) is 9.20 Å². The lowest BCUT2D eigenvalue weighted by molar-refractivity contribution is -0.141. The molecular weight excluding hydrogens is 383 g/mol. The van der Waals surface area contributed by atoms with Crippen LogP contribution in [-0.2, 0) is 15.7 Å². The number of nitrogens with zero attached hydrogens (tertiary/aromatic N) is 2. The highest BCUT2D eigenvalue weighted by Gasteiger charge is 2.33. The maximum Gasteiger partial charge on any atom is 0.433 e. The first-order chi connectivity index (χ1) is 10.8. The Bertz CT molecular complexity index is 651. The average Bonchev–Trinajstić information content (AvgIpc) is 2.96. The maximum absolute atomic E-state index is 12.2. The molecule has 6 nitrogen and oxygen atoms in total. The van der Waals surface area contributed by atoms with Gasteiger partial charge in [0.15, 0.2) is 12.0 Å². The van der Waals surface area contributed by atoms with Crippen LogP contribution in [0.1, 0.15) is 19.5 Å². The molecule has 23 heavy (non-hydrogen) atoms. The molecule has 0 saturated carbocycles. The lowest BCUT2D eigenvalue weighted by Gasteiger charge is -2.12. The molecule has 2 heterocycles. The number of hydrogen-bond donors (Lipinski definition) is 1. The second kappa shape index (κ2) is 9.04. The first-order valence-corrected chi connectivity index (χ1v) is 7.88. The first-order valence-electron chi connectivity index (χ1n) is 6.76. The maximum atomic E-state index is 12.2. The zero-order valence-electron chi connectivity index (χ0n) is 12.6. The van der Waals surface area contributed by atoms with Gasteiger partial charge in [0.1, 0.15) is 0 Å². The number of imidazole rings is 1. The normalized spacial score (nSPS) is 11.6. The molecule has 0 fully saturated rings. The second-order valence-corrected chi connectivity index (χ2v) is 4.77. The van der Waals surface area contributed by atoms with Crippen molar-refractivity contribution in [1.29, 1.82) is 0 Å². The highest BCUT2D eigenvalue weighted by atomic mass is 79.9. The Morgan fingerprint density at radius 2 is 1.96 bits per heavy atom. The predicted molar refractivity (Wildman–Crippen MR) is 81.6 cm³/mol. The molecule has 130 valence electrons. The number of alkyl halides is 4. The summed E-state index contributed by atoms with van der Waals surface area (Å²) in [5, 5.41) is 0.745. The molecule has 0 spiro atoms. The van der Waals surface area contributed by atoms with E-state index < -0.39 is 17.4 Å². The number of ether oxygens (including phenoxy) is 2. The molecule has 0 unspecified atom stereocenters. The van der Waals surface area contributed by atoms with E-state index >= 15 is 0 Å². The number of fused-ring (bicyclic) bond motifs is 1. The van der Waals surface area contributed by atoms with Crippen LogP contribution in [0, 0.1) is 0 Å². The summed E-state index contributed by atoms with van der Waals surface area (Å²) >= 11 is 3.27. The molecule has 0 saturated heterocycles. The van der Waals surface area contributed by atoms with Crippen molar-refractivity contribution < 1.29 is 22.6 Å². The van der Waals surface area contributed by atoms with E-state index in [9.17, 15) is 18.0 Å². The highest BCUT2D eigenvalue weighted by molar-refractivity contribution is 9.09. The van der Waals surface area contributed by atoms with E-state index in [1.807, 2.05) is 13.8 Å². The molecule has 0 bridgehead atoms. The number of aromatic amines is 1. The fraction of sp³-hybridized carbons (Fsp3) is 0.538. The van der Waals surface area contributed by atoms with Crippen LogP contribution in [-0.4, -0.2) is 39.2 Å². The summed E-state index contributed by atoms with van der Waals surface area (Å²) in [6, 6.07) is 0.459. The summed E-state index contributed by atoms with van der Waals surface area (Å²) in [6.45, 7) is 5.32. The minimum atomic E-state index is -4.60. The molecule has 2 aromatic rings. The van der Waals surface area contributed by atoms with Crippen molar-refractivity contribution in [3.8, 4) is 0 Å².